The summed E-state index contributed by atoms with van der Waals surface area (Å²) in [6.07, 6.45) is 0. The zero-order valence-corrected chi connectivity index (χ0v) is 16.1. The fourth-order valence-corrected chi connectivity index (χ4v) is 2.29. The molecular formula is C20H24N2O5. The highest BCUT2D eigenvalue weighted by atomic mass is 16.5. The lowest BCUT2D eigenvalue weighted by Crippen LogP contribution is -2.41. The Bertz CT molecular complexity index is 833. The monoisotopic (exact) mass is 372 g/mol. The number of hydrogen-bond donors (Lipinski definition) is 2. The second-order valence-corrected chi connectivity index (χ2v) is 6.33. The van der Waals surface area contributed by atoms with Crippen molar-refractivity contribution < 1.29 is 23.8 Å². The number of rotatable bonds is 7. The lowest BCUT2D eigenvalue weighted by molar-refractivity contribution is -0.135. The Balaban J connectivity index is 2.12. The van der Waals surface area contributed by atoms with E-state index in [9.17, 15) is 9.59 Å². The van der Waals surface area contributed by atoms with Gasteiger partial charge in [0.15, 0.2) is 11.5 Å². The maximum atomic E-state index is 12.7. The van der Waals surface area contributed by atoms with E-state index in [1.54, 1.807) is 63.4 Å². The summed E-state index contributed by atoms with van der Waals surface area (Å²) in [5, 5.41) is 5.48. The summed E-state index contributed by atoms with van der Waals surface area (Å²) in [4.78, 5) is 25.3. The molecule has 0 saturated carbocycles. The third kappa shape index (κ3) is 4.69. The summed E-state index contributed by atoms with van der Waals surface area (Å²) < 4.78 is 15.5. The van der Waals surface area contributed by atoms with Crippen LogP contribution in [0, 0.1) is 5.41 Å². The van der Waals surface area contributed by atoms with Crippen LogP contribution in [0.15, 0.2) is 42.5 Å². The molecule has 0 saturated heterocycles. The molecule has 0 aliphatic heterocycles. The van der Waals surface area contributed by atoms with E-state index < -0.39 is 17.2 Å². The Kier molecular flexibility index (Phi) is 6.28. The van der Waals surface area contributed by atoms with Crippen LogP contribution in [0.2, 0.25) is 0 Å². The van der Waals surface area contributed by atoms with Crippen molar-refractivity contribution in [3.8, 4) is 17.2 Å². The summed E-state index contributed by atoms with van der Waals surface area (Å²) in [5.74, 6) is 0.753. The van der Waals surface area contributed by atoms with Crippen LogP contribution in [-0.4, -0.2) is 33.1 Å². The molecule has 0 radical (unpaired) electrons. The van der Waals surface area contributed by atoms with Gasteiger partial charge in [0, 0.05) is 23.5 Å². The maximum Gasteiger partial charge on any atom is 0.239 e. The smallest absolute Gasteiger partial charge is 0.239 e. The Morgan fingerprint density at radius 2 is 1.37 bits per heavy atom. The van der Waals surface area contributed by atoms with Crippen molar-refractivity contribution in [2.45, 2.75) is 13.8 Å². The zero-order valence-electron chi connectivity index (χ0n) is 16.1. The van der Waals surface area contributed by atoms with E-state index in [0.717, 1.165) is 0 Å². The highest BCUT2D eigenvalue weighted by molar-refractivity contribution is 6.14. The summed E-state index contributed by atoms with van der Waals surface area (Å²) in [6, 6.07) is 11.9. The molecule has 7 nitrogen and oxygen atoms in total. The summed E-state index contributed by atoms with van der Waals surface area (Å²) in [7, 11) is 4.58. The van der Waals surface area contributed by atoms with E-state index >= 15 is 0 Å². The molecule has 2 N–H and O–H groups in total. The molecule has 0 fully saturated rings. The Morgan fingerprint density at radius 1 is 0.778 bits per heavy atom. The van der Waals surface area contributed by atoms with Gasteiger partial charge in [0.1, 0.15) is 11.2 Å². The quantitative estimate of drug-likeness (QED) is 0.728. The van der Waals surface area contributed by atoms with Crippen LogP contribution in [0.3, 0.4) is 0 Å². The SMILES string of the molecule is COc1cccc(NC(=O)C(C)(C)C(=O)Nc2ccc(OC)c(OC)c2)c1. The summed E-state index contributed by atoms with van der Waals surface area (Å²) in [5.41, 5.74) is -0.262. The van der Waals surface area contributed by atoms with Gasteiger partial charge >= 0.3 is 0 Å². The molecule has 2 rings (SSSR count). The molecule has 0 atom stereocenters. The highest BCUT2D eigenvalue weighted by Gasteiger charge is 2.36. The first-order chi connectivity index (χ1) is 12.8. The number of carbonyl (C=O) groups is 2. The van der Waals surface area contributed by atoms with Crippen molar-refractivity contribution in [3.05, 3.63) is 42.5 Å². The van der Waals surface area contributed by atoms with E-state index in [0.29, 0.717) is 28.6 Å². The minimum Gasteiger partial charge on any atom is -0.497 e. The van der Waals surface area contributed by atoms with Gasteiger partial charge in [-0.05, 0) is 38.1 Å². The Labute approximate surface area is 158 Å². The van der Waals surface area contributed by atoms with Crippen molar-refractivity contribution in [1.29, 1.82) is 0 Å². The first-order valence-electron chi connectivity index (χ1n) is 8.30. The van der Waals surface area contributed by atoms with E-state index in [-0.39, 0.29) is 0 Å². The Hall–Kier alpha value is -3.22. The molecule has 0 unspecified atom stereocenters. The van der Waals surface area contributed by atoms with Gasteiger partial charge in [-0.1, -0.05) is 6.07 Å². The summed E-state index contributed by atoms with van der Waals surface area (Å²) in [6.45, 7) is 3.11. The minimum absolute atomic E-state index is 0.436. The van der Waals surface area contributed by atoms with Gasteiger partial charge in [0.05, 0.1) is 21.3 Å². The lowest BCUT2D eigenvalue weighted by atomic mass is 9.90. The van der Waals surface area contributed by atoms with Crippen LogP contribution >= 0.6 is 0 Å². The second kappa shape index (κ2) is 8.44. The highest BCUT2D eigenvalue weighted by Crippen LogP contribution is 2.31. The first kappa shape index (κ1) is 20.1. The average Bonchev–Trinajstić information content (AvgIpc) is 2.67. The largest absolute Gasteiger partial charge is 0.497 e. The van der Waals surface area contributed by atoms with Gasteiger partial charge in [-0.2, -0.15) is 0 Å². The number of carbonyl (C=O) groups excluding carboxylic acids is 2. The lowest BCUT2D eigenvalue weighted by Gasteiger charge is -2.23. The van der Waals surface area contributed by atoms with Gasteiger partial charge in [0.2, 0.25) is 11.8 Å². The van der Waals surface area contributed by atoms with Gasteiger partial charge in [-0.15, -0.1) is 0 Å². The molecule has 2 amide bonds. The molecule has 2 aromatic carbocycles. The van der Waals surface area contributed by atoms with Gasteiger partial charge < -0.3 is 24.8 Å². The van der Waals surface area contributed by atoms with Crippen molar-refractivity contribution in [3.63, 3.8) is 0 Å². The molecule has 7 heteroatoms. The number of anilines is 2. The second-order valence-electron chi connectivity index (χ2n) is 6.33. The molecule has 0 bridgehead atoms. The third-order valence-corrected chi connectivity index (χ3v) is 4.10. The van der Waals surface area contributed by atoms with Crippen LogP contribution in [-0.2, 0) is 9.59 Å². The average molecular weight is 372 g/mol. The predicted molar refractivity (Wildman–Crippen MR) is 104 cm³/mol. The number of nitrogens with one attached hydrogen (secondary N) is 2. The van der Waals surface area contributed by atoms with E-state index in [2.05, 4.69) is 10.6 Å². The standard InChI is InChI=1S/C20H24N2O5/c1-20(2,18(23)21-13-7-6-8-15(11-13)25-3)19(24)22-14-9-10-16(26-4)17(12-14)27-5/h6-12H,1-5H3,(H,21,23)(H,22,24). The minimum atomic E-state index is -1.31. The number of hydrogen-bond acceptors (Lipinski definition) is 5. The van der Waals surface area contributed by atoms with Crippen LogP contribution in [0.4, 0.5) is 11.4 Å². The van der Waals surface area contributed by atoms with E-state index in [1.807, 2.05) is 0 Å². The molecule has 27 heavy (non-hydrogen) atoms. The number of ether oxygens (including phenoxy) is 3. The van der Waals surface area contributed by atoms with Crippen molar-refractivity contribution in [2.24, 2.45) is 5.41 Å². The number of methoxy groups -OCH3 is 3. The normalized spacial score (nSPS) is 10.7. The fourth-order valence-electron chi connectivity index (χ4n) is 2.29. The molecule has 0 aromatic heterocycles. The molecular weight excluding hydrogens is 348 g/mol. The molecule has 144 valence electrons. The molecule has 0 aliphatic carbocycles. The van der Waals surface area contributed by atoms with Gasteiger partial charge in [-0.25, -0.2) is 0 Å². The summed E-state index contributed by atoms with van der Waals surface area (Å²) >= 11 is 0. The third-order valence-electron chi connectivity index (χ3n) is 4.10. The molecule has 2 aromatic rings. The van der Waals surface area contributed by atoms with E-state index in [1.165, 1.54) is 14.2 Å². The van der Waals surface area contributed by atoms with Gasteiger partial charge in [0.25, 0.3) is 0 Å². The first-order valence-corrected chi connectivity index (χ1v) is 8.30. The van der Waals surface area contributed by atoms with Crippen LogP contribution < -0.4 is 24.8 Å². The van der Waals surface area contributed by atoms with Crippen molar-refractivity contribution in [2.75, 3.05) is 32.0 Å². The van der Waals surface area contributed by atoms with Crippen LogP contribution in [0.25, 0.3) is 0 Å². The number of benzene rings is 2. The van der Waals surface area contributed by atoms with Crippen molar-refractivity contribution in [1.82, 2.24) is 0 Å². The molecule has 0 spiro atoms. The molecule has 0 aliphatic rings. The topological polar surface area (TPSA) is 85.9 Å². The molecule has 0 heterocycles. The van der Waals surface area contributed by atoms with Crippen LogP contribution in [0.5, 0.6) is 17.2 Å². The fraction of sp³-hybridized carbons (Fsp3) is 0.300. The van der Waals surface area contributed by atoms with Gasteiger partial charge in [-0.3, -0.25) is 9.59 Å². The van der Waals surface area contributed by atoms with Crippen molar-refractivity contribution >= 4 is 23.2 Å². The van der Waals surface area contributed by atoms with Crippen LogP contribution in [0.1, 0.15) is 13.8 Å². The number of amides is 2. The van der Waals surface area contributed by atoms with E-state index in [4.69, 9.17) is 14.2 Å². The maximum absolute atomic E-state index is 12.7. The zero-order chi connectivity index (χ0) is 20.0. The Morgan fingerprint density at radius 3 is 1.93 bits per heavy atom. The predicted octanol–water partition coefficient (Wildman–Crippen LogP) is 3.32.